The van der Waals surface area contributed by atoms with Gasteiger partial charge in [-0.3, -0.25) is 4.79 Å². The molecule has 2 aliphatic heterocycles. The van der Waals surface area contributed by atoms with Crippen LogP contribution in [0.5, 0.6) is 0 Å². The van der Waals surface area contributed by atoms with Crippen molar-refractivity contribution in [3.63, 3.8) is 0 Å². The highest BCUT2D eigenvalue weighted by molar-refractivity contribution is 6.50. The Morgan fingerprint density at radius 2 is 1.78 bits per heavy atom. The van der Waals surface area contributed by atoms with Gasteiger partial charge in [0.25, 0.3) is 5.91 Å². The second kappa shape index (κ2) is 4.70. The highest BCUT2D eigenvalue weighted by Crippen LogP contribution is 2.12. The second-order valence-corrected chi connectivity index (χ2v) is 4.14. The Hall–Kier alpha value is -2.01. The molecule has 0 unspecified atom stereocenters. The van der Waals surface area contributed by atoms with Crippen LogP contribution in [0.15, 0.2) is 40.3 Å². The normalized spacial score (nSPS) is 19.8. The van der Waals surface area contributed by atoms with Crippen molar-refractivity contribution in [2.45, 2.75) is 0 Å². The minimum atomic E-state index is -0.261. The summed E-state index contributed by atoms with van der Waals surface area (Å²) in [6, 6.07) is 9.42. The molecule has 3 rings (SSSR count). The summed E-state index contributed by atoms with van der Waals surface area (Å²) >= 11 is 0. The van der Waals surface area contributed by atoms with Gasteiger partial charge in [-0.05, 0) is 0 Å². The molecule has 0 aliphatic carbocycles. The molecule has 0 saturated carbocycles. The first kappa shape index (κ1) is 11.1. The first-order chi connectivity index (χ1) is 8.84. The summed E-state index contributed by atoms with van der Waals surface area (Å²) in [4.78, 5) is 22.2. The lowest BCUT2D eigenvalue weighted by molar-refractivity contribution is -0.111. The molecule has 0 spiro atoms. The maximum Gasteiger partial charge on any atom is 0.299 e. The predicted molar refractivity (Wildman–Crippen MR) is 67.8 cm³/mol. The second-order valence-electron chi connectivity index (χ2n) is 4.14. The zero-order chi connectivity index (χ0) is 12.4. The van der Waals surface area contributed by atoms with Gasteiger partial charge in [0, 0.05) is 18.7 Å². The summed E-state index contributed by atoms with van der Waals surface area (Å²) in [6.07, 6.45) is 0. The molecule has 18 heavy (non-hydrogen) atoms. The molecule has 2 aliphatic rings. The van der Waals surface area contributed by atoms with Crippen molar-refractivity contribution in [3.05, 3.63) is 35.9 Å². The number of hydrogen-bond donors (Lipinski definition) is 0. The number of carbonyl (C=O) groups is 1. The van der Waals surface area contributed by atoms with Crippen molar-refractivity contribution in [1.29, 1.82) is 0 Å². The maximum atomic E-state index is 11.9. The molecule has 1 aromatic carbocycles. The highest BCUT2D eigenvalue weighted by Gasteiger charge is 2.25. The SMILES string of the molecule is O=C1N=C(N2CCOCC2)N=C1c1ccccc1. The first-order valence-electron chi connectivity index (χ1n) is 5.94. The molecule has 0 bridgehead atoms. The molecule has 5 nitrogen and oxygen atoms in total. The van der Waals surface area contributed by atoms with Crippen LogP contribution < -0.4 is 0 Å². The molecule has 0 aromatic heterocycles. The summed E-state index contributed by atoms with van der Waals surface area (Å²) < 4.78 is 5.27. The largest absolute Gasteiger partial charge is 0.378 e. The summed E-state index contributed by atoms with van der Waals surface area (Å²) in [5.41, 5.74) is 1.24. The van der Waals surface area contributed by atoms with Gasteiger partial charge in [0.2, 0.25) is 5.96 Å². The lowest BCUT2D eigenvalue weighted by atomic mass is 10.1. The van der Waals surface area contributed by atoms with Crippen LogP contribution in [0.4, 0.5) is 0 Å². The van der Waals surface area contributed by atoms with E-state index in [1.807, 2.05) is 35.2 Å². The molecular weight excluding hydrogens is 230 g/mol. The van der Waals surface area contributed by atoms with E-state index in [9.17, 15) is 4.79 Å². The molecule has 1 saturated heterocycles. The molecule has 1 fully saturated rings. The van der Waals surface area contributed by atoms with Gasteiger partial charge in [0.05, 0.1) is 13.2 Å². The Balaban J connectivity index is 1.84. The van der Waals surface area contributed by atoms with E-state index in [0.717, 1.165) is 18.7 Å². The first-order valence-corrected chi connectivity index (χ1v) is 5.94. The van der Waals surface area contributed by atoms with Gasteiger partial charge in [0.1, 0.15) is 5.71 Å². The number of hydrogen-bond acceptors (Lipinski definition) is 4. The Kier molecular flexibility index (Phi) is 2.90. The average Bonchev–Trinajstić information content (AvgIpc) is 2.83. The molecule has 0 N–H and O–H groups in total. The molecular formula is C13H13N3O2. The fourth-order valence-electron chi connectivity index (χ4n) is 2.01. The maximum absolute atomic E-state index is 11.9. The van der Waals surface area contributed by atoms with E-state index in [0.29, 0.717) is 24.9 Å². The minimum absolute atomic E-state index is 0.261. The lowest BCUT2D eigenvalue weighted by Crippen LogP contribution is -2.39. The number of nitrogens with zero attached hydrogens (tertiary/aromatic N) is 3. The standard InChI is InChI=1S/C13H13N3O2/c17-12-11(10-4-2-1-3-5-10)14-13(15-12)16-6-8-18-9-7-16/h1-5H,6-9H2. The van der Waals surface area contributed by atoms with E-state index in [1.54, 1.807) is 0 Å². The third-order valence-electron chi connectivity index (χ3n) is 2.96. The zero-order valence-corrected chi connectivity index (χ0v) is 9.87. The molecule has 5 heteroatoms. The van der Waals surface area contributed by atoms with Gasteiger partial charge >= 0.3 is 0 Å². The van der Waals surface area contributed by atoms with Crippen molar-refractivity contribution in [1.82, 2.24) is 4.90 Å². The molecule has 92 valence electrons. The highest BCUT2D eigenvalue weighted by atomic mass is 16.5. The summed E-state index contributed by atoms with van der Waals surface area (Å²) in [6.45, 7) is 2.78. The monoisotopic (exact) mass is 243 g/mol. The van der Waals surface area contributed by atoms with E-state index in [1.165, 1.54) is 0 Å². The molecule has 0 radical (unpaired) electrons. The number of benzene rings is 1. The fraction of sp³-hybridized carbons (Fsp3) is 0.308. The van der Waals surface area contributed by atoms with Crippen LogP contribution in [0.2, 0.25) is 0 Å². The van der Waals surface area contributed by atoms with Crippen molar-refractivity contribution in [2.75, 3.05) is 26.3 Å². The average molecular weight is 243 g/mol. The molecule has 2 heterocycles. The van der Waals surface area contributed by atoms with Crippen molar-refractivity contribution < 1.29 is 9.53 Å². The lowest BCUT2D eigenvalue weighted by Gasteiger charge is -2.26. The Morgan fingerprint density at radius 1 is 1.06 bits per heavy atom. The zero-order valence-electron chi connectivity index (χ0n) is 9.87. The van der Waals surface area contributed by atoms with Crippen LogP contribution in [0.25, 0.3) is 0 Å². The van der Waals surface area contributed by atoms with Gasteiger partial charge in [-0.15, -0.1) is 0 Å². The number of aliphatic imine (C=N–C) groups is 2. The number of amides is 1. The Morgan fingerprint density at radius 3 is 2.50 bits per heavy atom. The molecule has 0 atom stereocenters. The van der Waals surface area contributed by atoms with Crippen LogP contribution in [0.3, 0.4) is 0 Å². The van der Waals surface area contributed by atoms with Crippen LogP contribution in [-0.4, -0.2) is 48.8 Å². The van der Waals surface area contributed by atoms with Crippen LogP contribution in [0.1, 0.15) is 5.56 Å². The van der Waals surface area contributed by atoms with Crippen LogP contribution >= 0.6 is 0 Å². The van der Waals surface area contributed by atoms with E-state index in [-0.39, 0.29) is 5.91 Å². The van der Waals surface area contributed by atoms with E-state index in [2.05, 4.69) is 9.98 Å². The Bertz CT molecular complexity index is 516. The van der Waals surface area contributed by atoms with Crippen LogP contribution in [0, 0.1) is 0 Å². The van der Waals surface area contributed by atoms with Gasteiger partial charge in [-0.25, -0.2) is 4.99 Å². The van der Waals surface area contributed by atoms with Gasteiger partial charge in [0.15, 0.2) is 0 Å². The summed E-state index contributed by atoms with van der Waals surface area (Å²) in [5, 5.41) is 0. The Labute approximate surface area is 105 Å². The quantitative estimate of drug-likeness (QED) is 0.729. The number of guanidine groups is 1. The van der Waals surface area contributed by atoms with Gasteiger partial charge in [-0.1, -0.05) is 30.3 Å². The minimum Gasteiger partial charge on any atom is -0.378 e. The van der Waals surface area contributed by atoms with Crippen molar-refractivity contribution in [3.8, 4) is 0 Å². The summed E-state index contributed by atoms with van der Waals surface area (Å²) in [5.74, 6) is 0.254. The number of rotatable bonds is 1. The molecule has 1 amide bonds. The van der Waals surface area contributed by atoms with Crippen LogP contribution in [-0.2, 0) is 9.53 Å². The predicted octanol–water partition coefficient (Wildman–Crippen LogP) is 0.704. The number of morpholine rings is 1. The number of ether oxygens (including phenoxy) is 1. The number of carbonyl (C=O) groups excluding carboxylic acids is 1. The third-order valence-corrected chi connectivity index (χ3v) is 2.96. The van der Waals surface area contributed by atoms with E-state index >= 15 is 0 Å². The fourth-order valence-corrected chi connectivity index (χ4v) is 2.01. The van der Waals surface area contributed by atoms with Gasteiger partial charge < -0.3 is 9.64 Å². The third kappa shape index (κ3) is 2.04. The topological polar surface area (TPSA) is 54.3 Å². The smallest absolute Gasteiger partial charge is 0.299 e. The van der Waals surface area contributed by atoms with E-state index < -0.39 is 0 Å². The summed E-state index contributed by atoms with van der Waals surface area (Å²) in [7, 11) is 0. The molecule has 1 aromatic rings. The van der Waals surface area contributed by atoms with Crippen molar-refractivity contribution in [2.24, 2.45) is 9.98 Å². The van der Waals surface area contributed by atoms with Crippen molar-refractivity contribution >= 4 is 17.6 Å². The van der Waals surface area contributed by atoms with E-state index in [4.69, 9.17) is 4.74 Å². The van der Waals surface area contributed by atoms with Gasteiger partial charge in [-0.2, -0.15) is 4.99 Å².